The molecular weight excluding hydrogens is 412 g/mol. The SMILES string of the molecule is CN(CC(CC=O)(c1ccc(Cl)c(Cl)c1)N(C)C(=O)O)C(=O)CC(F)(F)F. The molecule has 11 heteroatoms. The van der Waals surface area contributed by atoms with Gasteiger partial charge in [-0.25, -0.2) is 4.79 Å². The van der Waals surface area contributed by atoms with Crippen molar-refractivity contribution in [1.82, 2.24) is 9.80 Å². The number of likely N-dealkylation sites (N-methyl/N-ethyl adjacent to an activating group) is 2. The van der Waals surface area contributed by atoms with Crippen molar-refractivity contribution >= 4 is 41.5 Å². The Balaban J connectivity index is 3.43. The largest absolute Gasteiger partial charge is 0.465 e. The molecule has 0 radical (unpaired) electrons. The highest BCUT2D eigenvalue weighted by Crippen LogP contribution is 2.36. The molecular formula is C16H17Cl2F3N2O4. The molecule has 0 bridgehead atoms. The van der Waals surface area contributed by atoms with Crippen molar-refractivity contribution in [1.29, 1.82) is 0 Å². The molecule has 0 saturated heterocycles. The Hall–Kier alpha value is -2.00. The second-order valence-corrected chi connectivity index (χ2v) is 6.73. The fourth-order valence-corrected chi connectivity index (χ4v) is 2.90. The van der Waals surface area contributed by atoms with E-state index < -0.39 is 43.1 Å². The summed E-state index contributed by atoms with van der Waals surface area (Å²) in [6, 6.07) is 4.08. The first-order chi connectivity index (χ1) is 12.3. The standard InChI is InChI=1S/C16H17Cl2F3N2O4/c1-22(13(25)8-16(19,20)21)9-15(5-6-24,23(2)14(26)27)10-3-4-11(17)12(18)7-10/h3-4,6-7H,5,8-9H2,1-2H3,(H,26,27). The van der Waals surface area contributed by atoms with Gasteiger partial charge >= 0.3 is 12.3 Å². The lowest BCUT2D eigenvalue weighted by molar-refractivity contribution is -0.161. The van der Waals surface area contributed by atoms with E-state index in [2.05, 4.69) is 0 Å². The number of alkyl halides is 3. The van der Waals surface area contributed by atoms with Gasteiger partial charge in [-0.15, -0.1) is 0 Å². The molecule has 150 valence electrons. The number of hydrogen-bond acceptors (Lipinski definition) is 3. The van der Waals surface area contributed by atoms with Crippen molar-refractivity contribution < 1.29 is 32.7 Å². The molecule has 1 aromatic rings. The number of hydrogen-bond donors (Lipinski definition) is 1. The number of carbonyl (C=O) groups excluding carboxylic acids is 2. The minimum atomic E-state index is -4.72. The zero-order chi connectivity index (χ0) is 21.0. The molecule has 0 aliphatic carbocycles. The third-order valence-corrected chi connectivity index (χ3v) is 4.82. The summed E-state index contributed by atoms with van der Waals surface area (Å²) in [4.78, 5) is 36.3. The molecule has 1 N–H and O–H groups in total. The van der Waals surface area contributed by atoms with E-state index in [0.29, 0.717) is 6.29 Å². The van der Waals surface area contributed by atoms with Gasteiger partial charge in [-0.1, -0.05) is 29.3 Å². The first-order valence-corrected chi connectivity index (χ1v) is 8.26. The fraction of sp³-hybridized carbons (Fsp3) is 0.438. The number of amides is 2. The van der Waals surface area contributed by atoms with E-state index in [1.807, 2.05) is 0 Å². The number of rotatable bonds is 7. The average Bonchev–Trinajstić information content (AvgIpc) is 2.54. The monoisotopic (exact) mass is 428 g/mol. The fourth-order valence-electron chi connectivity index (χ4n) is 2.60. The lowest BCUT2D eigenvalue weighted by atomic mass is 9.84. The maximum Gasteiger partial charge on any atom is 0.407 e. The number of halogens is 5. The minimum Gasteiger partial charge on any atom is -0.465 e. The predicted molar refractivity (Wildman–Crippen MR) is 92.9 cm³/mol. The Morgan fingerprint density at radius 1 is 1.19 bits per heavy atom. The topological polar surface area (TPSA) is 77.9 Å². The van der Waals surface area contributed by atoms with Gasteiger partial charge in [0.1, 0.15) is 12.7 Å². The molecule has 1 unspecified atom stereocenters. The summed E-state index contributed by atoms with van der Waals surface area (Å²) in [7, 11) is 2.25. The van der Waals surface area contributed by atoms with Gasteiger partial charge in [0.25, 0.3) is 0 Å². The van der Waals surface area contributed by atoms with E-state index in [1.165, 1.54) is 18.2 Å². The molecule has 0 saturated carbocycles. The minimum absolute atomic E-state index is 0.0625. The quantitative estimate of drug-likeness (QED) is 0.669. The predicted octanol–water partition coefficient (Wildman–Crippen LogP) is 3.80. The number of carboxylic acid groups (broad SMARTS) is 1. The summed E-state index contributed by atoms with van der Waals surface area (Å²) >= 11 is 11.8. The van der Waals surface area contributed by atoms with E-state index >= 15 is 0 Å². The van der Waals surface area contributed by atoms with E-state index in [0.717, 1.165) is 23.9 Å². The smallest absolute Gasteiger partial charge is 0.407 e. The second kappa shape index (κ2) is 8.79. The molecule has 0 aliphatic heterocycles. The third kappa shape index (κ3) is 5.74. The van der Waals surface area contributed by atoms with Crippen LogP contribution in [0.15, 0.2) is 18.2 Å². The van der Waals surface area contributed by atoms with Crippen molar-refractivity contribution in [2.45, 2.75) is 24.6 Å². The highest BCUT2D eigenvalue weighted by atomic mass is 35.5. The molecule has 0 fully saturated rings. The van der Waals surface area contributed by atoms with Crippen LogP contribution < -0.4 is 0 Å². The Labute approximate surface area is 163 Å². The number of carbonyl (C=O) groups is 3. The molecule has 27 heavy (non-hydrogen) atoms. The van der Waals surface area contributed by atoms with Gasteiger partial charge in [-0.05, 0) is 17.7 Å². The van der Waals surface area contributed by atoms with Crippen molar-refractivity contribution in [2.75, 3.05) is 20.6 Å². The van der Waals surface area contributed by atoms with Crippen LogP contribution in [0, 0.1) is 0 Å². The molecule has 6 nitrogen and oxygen atoms in total. The molecule has 0 aliphatic rings. The summed E-state index contributed by atoms with van der Waals surface area (Å²) in [5, 5.41) is 9.66. The average molecular weight is 429 g/mol. The first-order valence-electron chi connectivity index (χ1n) is 7.50. The summed E-state index contributed by atoms with van der Waals surface area (Å²) in [6.45, 7) is -0.499. The van der Waals surface area contributed by atoms with Crippen LogP contribution >= 0.6 is 23.2 Å². The normalized spacial score (nSPS) is 13.6. The van der Waals surface area contributed by atoms with Crippen LogP contribution in [0.3, 0.4) is 0 Å². The van der Waals surface area contributed by atoms with Crippen molar-refractivity contribution in [2.24, 2.45) is 0 Å². The third-order valence-electron chi connectivity index (χ3n) is 4.08. The summed E-state index contributed by atoms with van der Waals surface area (Å²) < 4.78 is 37.5. The maximum atomic E-state index is 12.5. The van der Waals surface area contributed by atoms with Crippen LogP contribution in [0.25, 0.3) is 0 Å². The van der Waals surface area contributed by atoms with Gasteiger partial charge in [-0.2, -0.15) is 13.2 Å². The van der Waals surface area contributed by atoms with Crippen molar-refractivity contribution in [3.8, 4) is 0 Å². The van der Waals surface area contributed by atoms with Crippen molar-refractivity contribution in [3.63, 3.8) is 0 Å². The van der Waals surface area contributed by atoms with Gasteiger partial charge in [0.2, 0.25) is 5.91 Å². The van der Waals surface area contributed by atoms with Crippen LogP contribution in [0.4, 0.5) is 18.0 Å². The van der Waals surface area contributed by atoms with Crippen LogP contribution in [0.5, 0.6) is 0 Å². The Bertz CT molecular complexity index is 730. The van der Waals surface area contributed by atoms with Crippen LogP contribution in [-0.4, -0.2) is 60.0 Å². The summed E-state index contributed by atoms with van der Waals surface area (Å²) in [5.74, 6) is -1.27. The van der Waals surface area contributed by atoms with Gasteiger partial charge in [0, 0.05) is 27.1 Å². The highest BCUT2D eigenvalue weighted by molar-refractivity contribution is 6.42. The second-order valence-electron chi connectivity index (χ2n) is 5.91. The first kappa shape index (κ1) is 23.0. The molecule has 1 rings (SSSR count). The zero-order valence-electron chi connectivity index (χ0n) is 14.4. The molecule has 0 aromatic heterocycles. The molecule has 1 aromatic carbocycles. The Morgan fingerprint density at radius 3 is 2.22 bits per heavy atom. The van der Waals surface area contributed by atoms with E-state index in [1.54, 1.807) is 0 Å². The van der Waals surface area contributed by atoms with Gasteiger partial charge in [0.05, 0.1) is 15.6 Å². The maximum absolute atomic E-state index is 12.5. The summed E-state index contributed by atoms with van der Waals surface area (Å²) in [5.41, 5.74) is -1.45. The molecule has 0 spiro atoms. The number of aldehydes is 1. The molecule has 2 amide bonds. The lowest BCUT2D eigenvalue weighted by Crippen LogP contribution is -2.54. The van der Waals surface area contributed by atoms with Gasteiger partial charge < -0.3 is 14.8 Å². The van der Waals surface area contributed by atoms with Crippen molar-refractivity contribution in [3.05, 3.63) is 33.8 Å². The molecule has 1 atom stereocenters. The number of nitrogens with zero attached hydrogens (tertiary/aromatic N) is 2. The van der Waals surface area contributed by atoms with E-state index in [-0.39, 0.29) is 15.6 Å². The Morgan fingerprint density at radius 2 is 1.78 bits per heavy atom. The number of benzene rings is 1. The van der Waals surface area contributed by atoms with Gasteiger partial charge in [0.15, 0.2) is 0 Å². The van der Waals surface area contributed by atoms with Crippen LogP contribution in [0.1, 0.15) is 18.4 Å². The highest BCUT2D eigenvalue weighted by Gasteiger charge is 2.42. The van der Waals surface area contributed by atoms with E-state index in [4.69, 9.17) is 23.2 Å². The Kier molecular flexibility index (Phi) is 7.50. The zero-order valence-corrected chi connectivity index (χ0v) is 15.9. The van der Waals surface area contributed by atoms with Crippen LogP contribution in [0.2, 0.25) is 10.0 Å². The van der Waals surface area contributed by atoms with E-state index in [9.17, 15) is 32.7 Å². The van der Waals surface area contributed by atoms with Gasteiger partial charge in [-0.3, -0.25) is 9.69 Å². The summed E-state index contributed by atoms with van der Waals surface area (Å²) in [6.07, 6.45) is -7.87. The van der Waals surface area contributed by atoms with Crippen LogP contribution in [-0.2, 0) is 15.1 Å². The lowest BCUT2D eigenvalue weighted by Gasteiger charge is -2.42. The molecule has 0 heterocycles.